The largest absolute Gasteiger partial charge is 0.496 e. The van der Waals surface area contributed by atoms with Gasteiger partial charge in [0, 0.05) is 29.3 Å². The molecule has 5 aromatic rings. The van der Waals surface area contributed by atoms with Crippen molar-refractivity contribution in [2.75, 3.05) is 30.9 Å². The van der Waals surface area contributed by atoms with E-state index in [2.05, 4.69) is 51.8 Å². The average Bonchev–Trinajstić information content (AvgIpc) is 3.08. The molecule has 10 heteroatoms. The van der Waals surface area contributed by atoms with Gasteiger partial charge in [0.25, 0.3) is 0 Å². The van der Waals surface area contributed by atoms with E-state index in [1.807, 2.05) is 36.5 Å². The molecule has 0 atom stereocenters. The number of ether oxygens (including phenoxy) is 2. The first kappa shape index (κ1) is 20.7. The highest BCUT2D eigenvalue weighted by Crippen LogP contribution is 2.36. The quantitative estimate of drug-likeness (QED) is 0.363. The molecule has 0 spiro atoms. The highest BCUT2D eigenvalue weighted by Gasteiger charge is 2.20. The van der Waals surface area contributed by atoms with Crippen LogP contribution in [0.15, 0.2) is 53.4 Å². The highest BCUT2D eigenvalue weighted by atomic mass is 79.9. The predicted octanol–water partition coefficient (Wildman–Crippen LogP) is 4.32. The van der Waals surface area contributed by atoms with Crippen LogP contribution >= 0.6 is 15.9 Å². The van der Waals surface area contributed by atoms with Crippen LogP contribution in [-0.4, -0.2) is 45.2 Å². The van der Waals surface area contributed by atoms with Crippen molar-refractivity contribution in [1.82, 2.24) is 24.9 Å². The smallest absolute Gasteiger partial charge is 0.200 e. The number of hydrogen-bond donors (Lipinski definition) is 2. The molecule has 3 N–H and O–H groups in total. The summed E-state index contributed by atoms with van der Waals surface area (Å²) in [5.74, 6) is 2.80. The van der Waals surface area contributed by atoms with E-state index in [0.29, 0.717) is 31.3 Å². The highest BCUT2D eigenvalue weighted by molar-refractivity contribution is 9.10. The molecular weight excluding hydrogens is 498 g/mol. The van der Waals surface area contributed by atoms with Crippen molar-refractivity contribution in [3.8, 4) is 22.6 Å². The van der Waals surface area contributed by atoms with E-state index in [9.17, 15) is 0 Å². The van der Waals surface area contributed by atoms with Gasteiger partial charge in [-0.3, -0.25) is 0 Å². The average molecular weight is 518 g/mol. The molecule has 2 aromatic carbocycles. The Hall–Kier alpha value is -3.92. The summed E-state index contributed by atoms with van der Waals surface area (Å²) in [6.45, 7) is 1.88. The number of methoxy groups -OCH3 is 1. The van der Waals surface area contributed by atoms with Crippen LogP contribution in [0.5, 0.6) is 11.5 Å². The van der Waals surface area contributed by atoms with Crippen molar-refractivity contribution in [2.45, 2.75) is 6.54 Å². The van der Waals surface area contributed by atoms with Crippen molar-refractivity contribution in [3.63, 3.8) is 0 Å². The first-order valence-electron chi connectivity index (χ1n) is 10.7. The van der Waals surface area contributed by atoms with E-state index >= 15 is 0 Å². The monoisotopic (exact) mass is 517 g/mol. The maximum absolute atomic E-state index is 6.08. The number of aromatic nitrogens is 5. The summed E-state index contributed by atoms with van der Waals surface area (Å²) in [6.07, 6.45) is 3.40. The summed E-state index contributed by atoms with van der Waals surface area (Å²) in [5, 5.41) is 0.925. The lowest BCUT2D eigenvalue weighted by molar-refractivity contribution is 0.331. The van der Waals surface area contributed by atoms with Gasteiger partial charge in [-0.2, -0.15) is 4.98 Å². The molecule has 1 aliphatic heterocycles. The topological polar surface area (TPSA) is 115 Å². The SMILES string of the molecule is COc1cc2c(N3CCOc4ccc(-c5cnc6nc(N)[nH]c6c5)cc4C3)ncnc2cc1Br. The lowest BCUT2D eigenvalue weighted by Crippen LogP contribution is -2.26. The second-order valence-corrected chi connectivity index (χ2v) is 8.87. The number of imidazole rings is 1. The van der Waals surface area contributed by atoms with Gasteiger partial charge in [-0.05, 0) is 51.8 Å². The fourth-order valence-corrected chi connectivity index (χ4v) is 4.78. The predicted molar refractivity (Wildman–Crippen MR) is 134 cm³/mol. The summed E-state index contributed by atoms with van der Waals surface area (Å²) in [7, 11) is 1.65. The van der Waals surface area contributed by atoms with Crippen molar-refractivity contribution >= 4 is 49.8 Å². The van der Waals surface area contributed by atoms with E-state index < -0.39 is 0 Å². The van der Waals surface area contributed by atoms with Crippen LogP contribution in [0.25, 0.3) is 33.2 Å². The van der Waals surface area contributed by atoms with Crippen molar-refractivity contribution in [1.29, 1.82) is 0 Å². The van der Waals surface area contributed by atoms with Crippen LogP contribution in [0.4, 0.5) is 11.8 Å². The minimum atomic E-state index is 0.353. The second-order valence-electron chi connectivity index (χ2n) is 8.01. The molecule has 0 bridgehead atoms. The van der Waals surface area contributed by atoms with Crippen LogP contribution in [0.1, 0.15) is 5.56 Å². The molecule has 34 heavy (non-hydrogen) atoms. The van der Waals surface area contributed by atoms with E-state index in [-0.39, 0.29) is 0 Å². The van der Waals surface area contributed by atoms with Gasteiger partial charge in [0.05, 0.1) is 29.2 Å². The summed E-state index contributed by atoms with van der Waals surface area (Å²) >= 11 is 3.54. The zero-order valence-electron chi connectivity index (χ0n) is 18.2. The number of fused-ring (bicyclic) bond motifs is 3. The molecular formula is C24H20BrN7O2. The molecule has 0 aliphatic carbocycles. The van der Waals surface area contributed by atoms with Gasteiger partial charge in [0.1, 0.15) is 30.3 Å². The number of rotatable bonds is 3. The Balaban J connectivity index is 1.40. The Morgan fingerprint density at radius 1 is 1.12 bits per heavy atom. The van der Waals surface area contributed by atoms with Gasteiger partial charge >= 0.3 is 0 Å². The number of halogens is 1. The van der Waals surface area contributed by atoms with Crippen molar-refractivity contribution in [2.24, 2.45) is 0 Å². The first-order valence-corrected chi connectivity index (χ1v) is 11.5. The zero-order chi connectivity index (χ0) is 23.2. The molecule has 0 saturated carbocycles. The third-order valence-corrected chi connectivity index (χ3v) is 6.54. The molecule has 6 rings (SSSR count). The van der Waals surface area contributed by atoms with Crippen LogP contribution in [0.2, 0.25) is 0 Å². The van der Waals surface area contributed by atoms with E-state index in [4.69, 9.17) is 15.2 Å². The fraction of sp³-hybridized carbons (Fsp3) is 0.167. The lowest BCUT2D eigenvalue weighted by Gasteiger charge is -2.22. The Morgan fingerprint density at radius 2 is 2.03 bits per heavy atom. The number of nitrogens with two attached hydrogens (primary N) is 1. The number of nitrogen functional groups attached to an aromatic ring is 1. The Bertz CT molecular complexity index is 1550. The molecule has 0 unspecified atom stereocenters. The molecule has 1 aliphatic rings. The standard InChI is InChI=1S/C24H20BrN7O2/c1-33-21-8-16-18(9-17(21)25)28-12-29-23(16)32-4-5-34-20-3-2-13(6-15(20)11-32)14-7-19-22(27-10-14)31-24(26)30-19/h2-3,6-10,12H,4-5,11H2,1H3,(H3,26,27,30,31). The number of nitrogens with one attached hydrogen (secondary N) is 1. The maximum atomic E-state index is 6.08. The minimum absolute atomic E-state index is 0.353. The first-order chi connectivity index (χ1) is 16.6. The molecule has 9 nitrogen and oxygen atoms in total. The van der Waals surface area contributed by atoms with Gasteiger partial charge in [0.15, 0.2) is 11.6 Å². The Morgan fingerprint density at radius 3 is 2.91 bits per heavy atom. The number of hydrogen-bond acceptors (Lipinski definition) is 8. The van der Waals surface area contributed by atoms with Crippen LogP contribution in [-0.2, 0) is 6.54 Å². The Kier molecular flexibility index (Phi) is 4.95. The number of aromatic amines is 1. The molecule has 170 valence electrons. The van der Waals surface area contributed by atoms with Gasteiger partial charge in [-0.25, -0.2) is 15.0 Å². The van der Waals surface area contributed by atoms with Crippen molar-refractivity contribution < 1.29 is 9.47 Å². The zero-order valence-corrected chi connectivity index (χ0v) is 19.8. The molecule has 0 radical (unpaired) electrons. The maximum Gasteiger partial charge on any atom is 0.200 e. The molecule has 4 heterocycles. The third kappa shape index (κ3) is 3.56. The van der Waals surface area contributed by atoms with Crippen LogP contribution in [0, 0.1) is 0 Å². The van der Waals surface area contributed by atoms with Gasteiger partial charge in [-0.15, -0.1) is 0 Å². The Labute approximate surface area is 203 Å². The third-order valence-electron chi connectivity index (χ3n) is 5.92. The van der Waals surface area contributed by atoms with E-state index in [0.717, 1.165) is 54.9 Å². The number of benzene rings is 2. The molecule has 0 amide bonds. The number of anilines is 2. The summed E-state index contributed by atoms with van der Waals surface area (Å²) < 4.78 is 12.4. The van der Waals surface area contributed by atoms with Gasteiger partial charge in [0.2, 0.25) is 0 Å². The number of pyridine rings is 1. The number of H-pyrrole nitrogens is 1. The molecule has 3 aromatic heterocycles. The number of nitrogens with zero attached hydrogens (tertiary/aromatic N) is 5. The normalized spacial score (nSPS) is 13.5. The van der Waals surface area contributed by atoms with Crippen LogP contribution in [0.3, 0.4) is 0 Å². The van der Waals surface area contributed by atoms with Gasteiger partial charge in [-0.1, -0.05) is 6.07 Å². The molecule has 0 saturated heterocycles. The minimum Gasteiger partial charge on any atom is -0.496 e. The molecule has 0 fully saturated rings. The van der Waals surface area contributed by atoms with E-state index in [1.54, 1.807) is 13.4 Å². The second kappa shape index (κ2) is 8.14. The van der Waals surface area contributed by atoms with Crippen LogP contribution < -0.4 is 20.1 Å². The van der Waals surface area contributed by atoms with Crippen molar-refractivity contribution in [3.05, 3.63) is 59.0 Å². The fourth-order valence-electron chi connectivity index (χ4n) is 4.28. The van der Waals surface area contributed by atoms with E-state index in [1.165, 1.54) is 0 Å². The lowest BCUT2D eigenvalue weighted by atomic mass is 10.0. The summed E-state index contributed by atoms with van der Waals surface area (Å²) in [4.78, 5) is 22.9. The van der Waals surface area contributed by atoms with Gasteiger partial charge < -0.3 is 25.1 Å². The summed E-state index contributed by atoms with van der Waals surface area (Å²) in [5.41, 5.74) is 11.1. The summed E-state index contributed by atoms with van der Waals surface area (Å²) in [6, 6.07) is 12.1.